The van der Waals surface area contributed by atoms with Gasteiger partial charge in [-0.3, -0.25) is 8.78 Å². The van der Waals surface area contributed by atoms with E-state index in [9.17, 15) is 8.78 Å². The number of rotatable bonds is 8. The summed E-state index contributed by atoms with van der Waals surface area (Å²) < 4.78 is 23.2. The van der Waals surface area contributed by atoms with E-state index in [4.69, 9.17) is 0 Å². The Morgan fingerprint density at radius 3 is 1.42 bits per heavy atom. The van der Waals surface area contributed by atoms with Crippen molar-refractivity contribution in [2.45, 2.75) is 38.5 Å². The van der Waals surface area contributed by atoms with E-state index in [1.807, 2.05) is 0 Å². The number of alkyl halides is 2. The number of hydrogen-bond donors (Lipinski definition) is 0. The summed E-state index contributed by atoms with van der Waals surface area (Å²) in [5.41, 5.74) is 0. The smallest absolute Gasteiger partial charge is 0.0894 e. The van der Waals surface area contributed by atoms with E-state index in [1.165, 1.54) is 0 Å². The van der Waals surface area contributed by atoms with Crippen LogP contribution in [-0.2, 0) is 0 Å². The molecule has 0 aliphatic rings. The van der Waals surface area contributed by atoms with Gasteiger partial charge < -0.3 is 0 Å². The Morgan fingerprint density at radius 2 is 1.08 bits per heavy atom. The molecule has 0 spiro atoms. The van der Waals surface area contributed by atoms with Gasteiger partial charge in [0.15, 0.2) is 0 Å². The summed E-state index contributed by atoms with van der Waals surface area (Å²) in [5, 5.41) is 0. The molecule has 0 aromatic carbocycles. The van der Waals surface area contributed by atoms with Gasteiger partial charge in [-0.2, -0.15) is 0 Å². The number of unbranched alkanes of at least 4 members (excludes halogenated alkanes) is 4. The zero-order valence-electron chi connectivity index (χ0n) is 7.57. The molecule has 0 amide bonds. The van der Waals surface area contributed by atoms with Crippen molar-refractivity contribution < 1.29 is 8.78 Å². The lowest BCUT2D eigenvalue weighted by molar-refractivity contribution is 0.461. The third kappa shape index (κ3) is 9.60. The molecule has 0 nitrogen and oxygen atoms in total. The summed E-state index contributed by atoms with van der Waals surface area (Å²) in [7, 11) is 0. The molecule has 0 unspecified atom stereocenters. The van der Waals surface area contributed by atoms with Gasteiger partial charge in [0.25, 0.3) is 0 Å². The van der Waals surface area contributed by atoms with Crippen molar-refractivity contribution in [2.75, 3.05) is 13.3 Å². The van der Waals surface area contributed by atoms with Gasteiger partial charge in [-0.15, -0.1) is 0 Å². The average molecular weight is 176 g/mol. The highest BCUT2D eigenvalue weighted by Crippen LogP contribution is 2.00. The predicted octanol–water partition coefficient (Wildman–Crippen LogP) is 3.82. The maximum Gasteiger partial charge on any atom is 0.0894 e. The topological polar surface area (TPSA) is 0 Å². The summed E-state index contributed by atoms with van der Waals surface area (Å²) in [6.45, 7) is -0.425. The third-order valence-electron chi connectivity index (χ3n) is 1.68. The fraction of sp³-hybridized carbons (Fsp3) is 0.800. The van der Waals surface area contributed by atoms with Crippen LogP contribution in [0.4, 0.5) is 8.78 Å². The zero-order valence-corrected chi connectivity index (χ0v) is 7.57. The normalized spacial score (nSPS) is 11.2. The molecule has 0 bridgehead atoms. The van der Waals surface area contributed by atoms with Crippen LogP contribution < -0.4 is 0 Å². The molecule has 2 heteroatoms. The first-order valence-electron chi connectivity index (χ1n) is 4.68. The van der Waals surface area contributed by atoms with Gasteiger partial charge in [-0.05, 0) is 38.5 Å². The van der Waals surface area contributed by atoms with E-state index >= 15 is 0 Å². The molecule has 0 aliphatic heterocycles. The second-order valence-electron chi connectivity index (χ2n) is 2.84. The highest BCUT2D eigenvalue weighted by Gasteiger charge is 1.84. The van der Waals surface area contributed by atoms with Gasteiger partial charge in [0.2, 0.25) is 0 Å². The molecule has 0 aromatic heterocycles. The summed E-state index contributed by atoms with van der Waals surface area (Å²) >= 11 is 0. The summed E-state index contributed by atoms with van der Waals surface area (Å²) in [6, 6.07) is 0. The Kier molecular flexibility index (Phi) is 10.2. The molecule has 0 saturated heterocycles. The van der Waals surface area contributed by atoms with Crippen LogP contribution in [0.2, 0.25) is 0 Å². The highest BCUT2D eigenvalue weighted by molar-refractivity contribution is 4.81. The van der Waals surface area contributed by atoms with Crippen molar-refractivity contribution in [2.24, 2.45) is 0 Å². The molecule has 0 aromatic rings. The lowest BCUT2D eigenvalue weighted by Crippen LogP contribution is -1.77. The highest BCUT2D eigenvalue weighted by atomic mass is 19.1. The molecular weight excluding hydrogens is 158 g/mol. The first-order chi connectivity index (χ1) is 5.91. The van der Waals surface area contributed by atoms with Crippen molar-refractivity contribution >= 4 is 0 Å². The minimum atomic E-state index is -0.213. The SMILES string of the molecule is FCCCCC=CCCCCF. The Bertz CT molecular complexity index is 88.0. The van der Waals surface area contributed by atoms with Crippen molar-refractivity contribution in [3.63, 3.8) is 0 Å². The molecule has 0 rings (SSSR count). The molecule has 0 aliphatic carbocycles. The van der Waals surface area contributed by atoms with Crippen molar-refractivity contribution in [3.05, 3.63) is 12.2 Å². The molecule has 0 heterocycles. The average Bonchev–Trinajstić information content (AvgIpc) is 2.10. The fourth-order valence-electron chi connectivity index (χ4n) is 0.949. The van der Waals surface area contributed by atoms with Crippen molar-refractivity contribution in [1.82, 2.24) is 0 Å². The summed E-state index contributed by atoms with van der Waals surface area (Å²) in [5.74, 6) is 0. The van der Waals surface area contributed by atoms with Crippen LogP contribution in [0.15, 0.2) is 12.2 Å². The van der Waals surface area contributed by atoms with Crippen molar-refractivity contribution in [1.29, 1.82) is 0 Å². The molecule has 0 fully saturated rings. The summed E-state index contributed by atoms with van der Waals surface area (Å²) in [4.78, 5) is 0. The van der Waals surface area contributed by atoms with Crippen LogP contribution in [0.25, 0.3) is 0 Å². The minimum absolute atomic E-state index is 0.213. The van der Waals surface area contributed by atoms with Crippen LogP contribution in [0.5, 0.6) is 0 Å². The quantitative estimate of drug-likeness (QED) is 0.389. The lowest BCUT2D eigenvalue weighted by atomic mass is 10.2. The van der Waals surface area contributed by atoms with Gasteiger partial charge in [0.05, 0.1) is 13.3 Å². The van der Waals surface area contributed by atoms with Gasteiger partial charge in [-0.1, -0.05) is 12.2 Å². The molecule has 0 radical (unpaired) electrons. The van der Waals surface area contributed by atoms with Crippen LogP contribution in [0, 0.1) is 0 Å². The Morgan fingerprint density at radius 1 is 0.667 bits per heavy atom. The Labute approximate surface area is 73.7 Å². The molecule has 0 saturated carbocycles. The van der Waals surface area contributed by atoms with E-state index in [0.717, 1.165) is 25.7 Å². The first kappa shape index (κ1) is 11.6. The third-order valence-corrected chi connectivity index (χ3v) is 1.68. The minimum Gasteiger partial charge on any atom is -0.251 e. The van der Waals surface area contributed by atoms with Crippen LogP contribution >= 0.6 is 0 Å². The standard InChI is InChI=1S/C10H18F2/c11-9-7-5-3-1-2-4-6-8-10-12/h1-2H,3-10H2. The molecule has 0 atom stereocenters. The van der Waals surface area contributed by atoms with Gasteiger partial charge in [-0.25, -0.2) is 0 Å². The number of halogens is 2. The van der Waals surface area contributed by atoms with Crippen molar-refractivity contribution in [3.8, 4) is 0 Å². The van der Waals surface area contributed by atoms with E-state index in [-0.39, 0.29) is 13.3 Å². The predicted molar refractivity (Wildman–Crippen MR) is 48.8 cm³/mol. The van der Waals surface area contributed by atoms with Crippen LogP contribution in [-0.4, -0.2) is 13.3 Å². The first-order valence-corrected chi connectivity index (χ1v) is 4.68. The largest absolute Gasteiger partial charge is 0.251 e. The lowest BCUT2D eigenvalue weighted by Gasteiger charge is -1.91. The van der Waals surface area contributed by atoms with Gasteiger partial charge in [0.1, 0.15) is 0 Å². The Hall–Kier alpha value is -0.400. The fourth-order valence-corrected chi connectivity index (χ4v) is 0.949. The van der Waals surface area contributed by atoms with Crippen LogP contribution in [0.3, 0.4) is 0 Å². The Balaban J connectivity index is 2.93. The molecular formula is C10H18F2. The monoisotopic (exact) mass is 176 g/mol. The zero-order chi connectivity index (χ0) is 9.07. The second kappa shape index (κ2) is 10.6. The van der Waals surface area contributed by atoms with E-state index < -0.39 is 0 Å². The number of hydrogen-bond acceptors (Lipinski definition) is 0. The molecule has 72 valence electrons. The van der Waals surface area contributed by atoms with Crippen LogP contribution in [0.1, 0.15) is 38.5 Å². The maximum absolute atomic E-state index is 11.6. The van der Waals surface area contributed by atoms with E-state index in [0.29, 0.717) is 12.8 Å². The molecule has 0 N–H and O–H groups in total. The number of allylic oxidation sites excluding steroid dienone is 2. The van der Waals surface area contributed by atoms with E-state index in [2.05, 4.69) is 12.2 Å². The summed E-state index contributed by atoms with van der Waals surface area (Å²) in [6.07, 6.45) is 9.22. The van der Waals surface area contributed by atoms with E-state index in [1.54, 1.807) is 0 Å². The second-order valence-corrected chi connectivity index (χ2v) is 2.84. The molecule has 12 heavy (non-hydrogen) atoms. The van der Waals surface area contributed by atoms with Gasteiger partial charge >= 0.3 is 0 Å². The maximum atomic E-state index is 11.6. The van der Waals surface area contributed by atoms with Gasteiger partial charge in [0, 0.05) is 0 Å².